The Balaban J connectivity index is 1.62. The minimum absolute atomic E-state index is 0.0333. The van der Waals surface area contributed by atoms with Crippen LogP contribution in [-0.2, 0) is 9.53 Å². The van der Waals surface area contributed by atoms with E-state index in [1.807, 2.05) is 0 Å². The number of alkyl halides is 2. The summed E-state index contributed by atoms with van der Waals surface area (Å²) < 4.78 is 36.2. The van der Waals surface area contributed by atoms with E-state index in [0.717, 1.165) is 38.5 Å². The van der Waals surface area contributed by atoms with Crippen molar-refractivity contribution in [3.63, 3.8) is 0 Å². The fourth-order valence-electron chi connectivity index (χ4n) is 8.60. The van der Waals surface area contributed by atoms with Crippen molar-refractivity contribution in [2.24, 2.45) is 46.3 Å². The number of hydrogen-bond donors (Lipinski definition) is 1. The van der Waals surface area contributed by atoms with Crippen molar-refractivity contribution in [3.05, 3.63) is 0 Å². The Labute approximate surface area is 174 Å². The number of carbonyl (C=O) groups is 1. The third kappa shape index (κ3) is 3.25. The predicted octanol–water partition coefficient (Wildman–Crippen LogP) is 5.45. The van der Waals surface area contributed by atoms with Crippen LogP contribution in [0.2, 0.25) is 0 Å². The van der Waals surface area contributed by atoms with Crippen LogP contribution in [0, 0.1) is 46.3 Å². The standard InChI is InChI=1S/C24H38F2O3/c1-14(11-20(28)29-4)17-5-6-18-21-19(8-10-23(17,18)3)22(2)9-7-16(27)12-15(22)13-24(21,25)26/h14-19,21,27H,5-13H2,1-4H3/t14-,15+,16-,17-,18?,19?,21?,22+,23-/m1/s1. The number of carbonyl (C=O) groups excluding carboxylic acids is 1. The van der Waals surface area contributed by atoms with Crippen molar-refractivity contribution in [1.82, 2.24) is 0 Å². The van der Waals surface area contributed by atoms with Crippen molar-refractivity contribution in [2.45, 2.75) is 90.6 Å². The summed E-state index contributed by atoms with van der Waals surface area (Å²) >= 11 is 0. The predicted molar refractivity (Wildman–Crippen MR) is 107 cm³/mol. The molecule has 4 fully saturated rings. The van der Waals surface area contributed by atoms with Crippen molar-refractivity contribution < 1.29 is 23.4 Å². The maximum atomic E-state index is 15.7. The zero-order valence-electron chi connectivity index (χ0n) is 18.4. The monoisotopic (exact) mass is 412 g/mol. The van der Waals surface area contributed by atoms with Gasteiger partial charge in [-0.05, 0) is 85.4 Å². The van der Waals surface area contributed by atoms with E-state index in [4.69, 9.17) is 4.74 Å². The molecule has 0 amide bonds. The van der Waals surface area contributed by atoms with E-state index in [2.05, 4.69) is 20.8 Å². The summed E-state index contributed by atoms with van der Waals surface area (Å²) in [6, 6.07) is 0. The molecule has 0 aliphatic heterocycles. The van der Waals surface area contributed by atoms with E-state index in [0.29, 0.717) is 18.8 Å². The Morgan fingerprint density at radius 3 is 2.45 bits per heavy atom. The summed E-state index contributed by atoms with van der Waals surface area (Å²) in [4.78, 5) is 11.8. The van der Waals surface area contributed by atoms with Crippen LogP contribution in [-0.4, -0.2) is 30.2 Å². The Morgan fingerprint density at radius 2 is 1.76 bits per heavy atom. The van der Waals surface area contributed by atoms with Crippen LogP contribution in [0.15, 0.2) is 0 Å². The third-order valence-electron chi connectivity index (χ3n) is 10.1. The summed E-state index contributed by atoms with van der Waals surface area (Å²) in [5.74, 6) is -2.91. The highest BCUT2D eigenvalue weighted by atomic mass is 19.3. The van der Waals surface area contributed by atoms with E-state index in [1.54, 1.807) is 0 Å². The number of aliphatic hydroxyl groups is 1. The molecule has 4 saturated carbocycles. The van der Waals surface area contributed by atoms with Crippen LogP contribution >= 0.6 is 0 Å². The first kappa shape index (κ1) is 21.5. The molecule has 0 aromatic heterocycles. The number of ether oxygens (including phenoxy) is 1. The van der Waals surface area contributed by atoms with Gasteiger partial charge in [-0.1, -0.05) is 20.8 Å². The molecule has 166 valence electrons. The molecule has 0 saturated heterocycles. The lowest BCUT2D eigenvalue weighted by molar-refractivity contribution is -0.238. The maximum absolute atomic E-state index is 15.7. The summed E-state index contributed by atoms with van der Waals surface area (Å²) in [6.45, 7) is 6.57. The topological polar surface area (TPSA) is 46.5 Å². The van der Waals surface area contributed by atoms with Gasteiger partial charge in [0, 0.05) is 18.8 Å². The van der Waals surface area contributed by atoms with Gasteiger partial charge in [-0.15, -0.1) is 0 Å². The SMILES string of the molecule is COC(=O)C[C@@H](C)[C@H]1CCC2C3C(CC[C@@]21C)[C@@]1(C)CC[C@@H](O)C[C@H]1CC3(F)F. The second kappa shape index (κ2) is 7.17. The van der Waals surface area contributed by atoms with Crippen LogP contribution in [0.1, 0.15) is 78.6 Å². The summed E-state index contributed by atoms with van der Waals surface area (Å²) in [7, 11) is 1.42. The molecule has 0 bridgehead atoms. The lowest BCUT2D eigenvalue weighted by Gasteiger charge is -2.63. The average Bonchev–Trinajstić information content (AvgIpc) is 3.00. The van der Waals surface area contributed by atoms with Gasteiger partial charge in [-0.25, -0.2) is 8.78 Å². The molecule has 5 heteroatoms. The molecule has 9 atom stereocenters. The molecule has 4 rings (SSSR count). The molecule has 4 aliphatic carbocycles. The molecule has 0 radical (unpaired) electrons. The number of esters is 1. The van der Waals surface area contributed by atoms with Crippen molar-refractivity contribution in [1.29, 1.82) is 0 Å². The molecule has 3 unspecified atom stereocenters. The largest absolute Gasteiger partial charge is 0.469 e. The van der Waals surface area contributed by atoms with Gasteiger partial charge in [-0.2, -0.15) is 0 Å². The molecule has 3 nitrogen and oxygen atoms in total. The fraction of sp³-hybridized carbons (Fsp3) is 0.958. The Kier molecular flexibility index (Phi) is 5.32. The highest BCUT2D eigenvalue weighted by Crippen LogP contribution is 2.71. The molecule has 0 spiro atoms. The van der Waals surface area contributed by atoms with E-state index >= 15 is 8.78 Å². The smallest absolute Gasteiger partial charge is 0.305 e. The molecular formula is C24H38F2O3. The van der Waals surface area contributed by atoms with Gasteiger partial charge in [-0.3, -0.25) is 4.79 Å². The second-order valence-electron chi connectivity index (χ2n) is 11.3. The quantitative estimate of drug-likeness (QED) is 0.627. The first-order valence-electron chi connectivity index (χ1n) is 11.7. The van der Waals surface area contributed by atoms with Gasteiger partial charge >= 0.3 is 5.97 Å². The molecule has 0 heterocycles. The zero-order valence-corrected chi connectivity index (χ0v) is 18.4. The van der Waals surface area contributed by atoms with E-state index in [1.165, 1.54) is 7.11 Å². The zero-order chi connectivity index (χ0) is 21.2. The van der Waals surface area contributed by atoms with Crippen molar-refractivity contribution >= 4 is 5.97 Å². The van der Waals surface area contributed by atoms with Crippen molar-refractivity contribution in [3.8, 4) is 0 Å². The molecule has 0 aromatic carbocycles. The van der Waals surface area contributed by atoms with Crippen LogP contribution in [0.4, 0.5) is 8.78 Å². The number of methoxy groups -OCH3 is 1. The van der Waals surface area contributed by atoms with Crippen LogP contribution < -0.4 is 0 Å². The first-order valence-corrected chi connectivity index (χ1v) is 11.7. The second-order valence-corrected chi connectivity index (χ2v) is 11.3. The van der Waals surface area contributed by atoms with E-state index in [9.17, 15) is 9.90 Å². The number of rotatable bonds is 3. The van der Waals surface area contributed by atoms with Gasteiger partial charge in [0.2, 0.25) is 0 Å². The van der Waals surface area contributed by atoms with Crippen LogP contribution in [0.5, 0.6) is 0 Å². The molecule has 29 heavy (non-hydrogen) atoms. The van der Waals surface area contributed by atoms with Gasteiger partial charge in [0.25, 0.3) is 5.92 Å². The molecule has 4 aliphatic rings. The molecule has 0 aromatic rings. The summed E-state index contributed by atoms with van der Waals surface area (Å²) in [5.41, 5.74) is -0.183. The minimum Gasteiger partial charge on any atom is -0.469 e. The Bertz CT molecular complexity index is 652. The Morgan fingerprint density at radius 1 is 1.10 bits per heavy atom. The van der Waals surface area contributed by atoms with Gasteiger partial charge in [0.05, 0.1) is 13.2 Å². The number of hydrogen-bond acceptors (Lipinski definition) is 3. The highest BCUT2D eigenvalue weighted by Gasteiger charge is 2.68. The van der Waals surface area contributed by atoms with Gasteiger partial charge in [0.1, 0.15) is 0 Å². The average molecular weight is 413 g/mol. The van der Waals surface area contributed by atoms with E-state index in [-0.39, 0.29) is 46.9 Å². The lowest BCUT2D eigenvalue weighted by Crippen LogP contribution is -2.61. The van der Waals surface area contributed by atoms with Crippen LogP contribution in [0.3, 0.4) is 0 Å². The number of aliphatic hydroxyl groups excluding tert-OH is 1. The normalized spacial score (nSPS) is 49.5. The van der Waals surface area contributed by atoms with Gasteiger partial charge < -0.3 is 9.84 Å². The van der Waals surface area contributed by atoms with E-state index < -0.39 is 17.9 Å². The number of halogens is 2. The summed E-state index contributed by atoms with van der Waals surface area (Å²) in [5, 5.41) is 10.1. The minimum atomic E-state index is -2.65. The first-order chi connectivity index (χ1) is 13.5. The lowest BCUT2D eigenvalue weighted by atomic mass is 9.43. The highest BCUT2D eigenvalue weighted by molar-refractivity contribution is 5.69. The molecule has 1 N–H and O–H groups in total. The summed E-state index contributed by atoms with van der Waals surface area (Å²) in [6.07, 6.45) is 5.71. The molecular weight excluding hydrogens is 374 g/mol. The third-order valence-corrected chi connectivity index (χ3v) is 10.1. The number of fused-ring (bicyclic) bond motifs is 5. The van der Waals surface area contributed by atoms with Gasteiger partial charge in [0.15, 0.2) is 0 Å². The Hall–Kier alpha value is -0.710. The fourth-order valence-corrected chi connectivity index (χ4v) is 8.60. The van der Waals surface area contributed by atoms with Crippen LogP contribution in [0.25, 0.3) is 0 Å². The maximum Gasteiger partial charge on any atom is 0.305 e. The van der Waals surface area contributed by atoms with Crippen molar-refractivity contribution in [2.75, 3.05) is 7.11 Å².